The Morgan fingerprint density at radius 1 is 0.762 bits per heavy atom. The normalized spacial score (nSPS) is 31.6. The molecule has 3 amide bonds. The lowest BCUT2D eigenvalue weighted by molar-refractivity contribution is -0.191. The zero-order valence-electron chi connectivity index (χ0n) is 62.2. The van der Waals surface area contributed by atoms with E-state index in [1.165, 1.54) is 37.3 Å². The molecule has 25 heteroatoms. The SMILES string of the molecule is CO[C@H]1[C@H]2O[C@H](C[C@H]1C)C[C@H](O)[C@@H](C)[C@H](O)/C(C)=C/[C@@H](C)[C@@H](O)/C=C/C[C@H](O)C[C@H]([C@H](NC(=O)C[C@H](O)CC[C@H](C)[C@@H](O)/C(C)=C/[C@H](C)[C@H](O)[C@@H](NC(=O)/C=C/C(C)(C)C(=O)[C@H](C)[C@H](O)C(C)C)[C@H](O)C(C)C)[C@H](C)O)OC(=O)[C@H]([C@@H](O)C(=O)O)NC(=O)/C=C/C=C/C=C/C=C/C=C/[C@@H]2OC. The number of cyclic esters (lactones) is 1. The van der Waals surface area contributed by atoms with Gasteiger partial charge in [0.25, 0.3) is 0 Å². The molecule has 0 radical (unpaired) electrons. The van der Waals surface area contributed by atoms with E-state index in [1.807, 2.05) is 13.0 Å². The third-order valence-electron chi connectivity index (χ3n) is 19.2. The van der Waals surface area contributed by atoms with E-state index in [-0.39, 0.29) is 49.4 Å². The second-order valence-electron chi connectivity index (χ2n) is 29.1. The summed E-state index contributed by atoms with van der Waals surface area (Å²) in [5.41, 5.74) is -0.272. The standard InChI is InChI=1S/C76H123N3O22/c1-41(2)65(88)50(12)73(94)76(14,15)34-33-60(86)77-63(66(89)42(3)4)69(92)47(9)36-45(7)67(90)43(5)31-32-53(82)39-61(87)79-62(51(13)80)58-38-52(81)27-26-28-55(83)44(6)35-46(8)68(91)49(11)56(84)40-54-37-48(10)71(99-17)72(100-54)57(98-16)29-24-22-20-18-19-21-23-25-30-59(85)78-64(75(97)101-58)70(93)74(95)96/h18-26,28-30,33-36,41-44,47-58,62-72,80-84,88-93H,27,31-32,37-40H2,1-17H3,(H,77,86)(H,78,85)(H,79,87)(H,95,96)/b19-18+,22-20+,23-21+,28-26+,29-24+,30-25+,34-33+,45-36+,46-35+/t43-,44+,47-,48+,49+,50+,51-,52-,53+,54+,55-,56-,57-,58+,62+,63-,64-,65+,66+,67+,68+,69-,70+,71+,72-/m0/s1. The quantitative estimate of drug-likeness (QED) is 0.0322. The molecule has 0 saturated carbocycles. The zero-order chi connectivity index (χ0) is 76.9. The van der Waals surface area contributed by atoms with Crippen LogP contribution in [0.5, 0.6) is 0 Å². The maximum atomic E-state index is 14.1. The highest BCUT2D eigenvalue weighted by Crippen LogP contribution is 2.35. The van der Waals surface area contributed by atoms with E-state index in [0.717, 1.165) is 12.2 Å². The Morgan fingerprint density at radius 3 is 1.92 bits per heavy atom. The van der Waals surface area contributed by atoms with Crippen molar-refractivity contribution in [1.29, 1.82) is 0 Å². The number of Topliss-reactive ketones (excluding diaryl/α,β-unsaturated/α-hetero) is 1. The number of nitrogens with one attached hydrogen (secondary N) is 3. The van der Waals surface area contributed by atoms with E-state index in [9.17, 15) is 90.0 Å². The molecule has 2 heterocycles. The molecule has 1 saturated heterocycles. The lowest BCUT2D eigenvalue weighted by Crippen LogP contribution is -2.57. The minimum absolute atomic E-state index is 0.0173. The Labute approximate surface area is 597 Å². The van der Waals surface area contributed by atoms with Gasteiger partial charge in [0, 0.05) is 55.8 Å². The van der Waals surface area contributed by atoms with Gasteiger partial charge in [-0.3, -0.25) is 19.2 Å². The molecule has 0 unspecified atom stereocenters. The number of rotatable bonds is 26. The summed E-state index contributed by atoms with van der Waals surface area (Å²) >= 11 is 0. The van der Waals surface area contributed by atoms with Crippen LogP contribution < -0.4 is 16.0 Å². The molecule has 2 aliphatic heterocycles. The number of ether oxygens (including phenoxy) is 4. The third-order valence-corrected chi connectivity index (χ3v) is 19.2. The Morgan fingerprint density at radius 2 is 1.36 bits per heavy atom. The minimum atomic E-state index is -2.60. The summed E-state index contributed by atoms with van der Waals surface area (Å²) in [5, 5.41) is 141. The largest absolute Gasteiger partial charge is 0.479 e. The number of amides is 3. The Hall–Kier alpha value is -5.88. The van der Waals surface area contributed by atoms with Crippen molar-refractivity contribution in [3.63, 3.8) is 0 Å². The number of hydrogen-bond donors (Lipinski definition) is 15. The summed E-state index contributed by atoms with van der Waals surface area (Å²) in [4.78, 5) is 79.9. The molecular formula is C76H123N3O22. The average molecular weight is 1430 g/mol. The molecule has 2 rings (SSSR count). The number of carbonyl (C=O) groups excluding carboxylic acids is 5. The topological polar surface area (TPSA) is 418 Å². The number of aliphatic hydroxyl groups excluding tert-OH is 11. The van der Waals surface area contributed by atoms with Crippen LogP contribution in [0.15, 0.2) is 108 Å². The first-order chi connectivity index (χ1) is 47.1. The van der Waals surface area contributed by atoms with Gasteiger partial charge in [0.05, 0.1) is 91.8 Å². The Bertz CT molecular complexity index is 2860. The van der Waals surface area contributed by atoms with E-state index in [1.54, 1.807) is 153 Å². The van der Waals surface area contributed by atoms with Gasteiger partial charge in [-0.25, -0.2) is 9.59 Å². The lowest BCUT2D eigenvalue weighted by atomic mass is 9.77. The molecule has 574 valence electrons. The number of allylic oxidation sites excluding steroid dienone is 9. The second kappa shape index (κ2) is 44.7. The van der Waals surface area contributed by atoms with E-state index in [2.05, 4.69) is 16.0 Å². The van der Waals surface area contributed by atoms with Crippen LogP contribution >= 0.6 is 0 Å². The fraction of sp³-hybridized carbons (Fsp3) is 0.684. The van der Waals surface area contributed by atoms with E-state index in [4.69, 9.17) is 18.9 Å². The summed E-state index contributed by atoms with van der Waals surface area (Å²) < 4.78 is 24.0. The number of esters is 1. The molecule has 0 aliphatic carbocycles. The van der Waals surface area contributed by atoms with E-state index in [0.29, 0.717) is 17.6 Å². The van der Waals surface area contributed by atoms with Gasteiger partial charge in [-0.2, -0.15) is 0 Å². The molecule has 2 bridgehead atoms. The highest BCUT2D eigenvalue weighted by Gasteiger charge is 2.44. The fourth-order valence-corrected chi connectivity index (χ4v) is 12.5. The summed E-state index contributed by atoms with van der Waals surface area (Å²) in [5.74, 6) is -10.3. The van der Waals surface area contributed by atoms with Crippen molar-refractivity contribution >= 4 is 35.4 Å². The van der Waals surface area contributed by atoms with Crippen molar-refractivity contribution in [2.24, 2.45) is 52.8 Å². The van der Waals surface area contributed by atoms with Crippen molar-refractivity contribution in [2.45, 2.75) is 265 Å². The third kappa shape index (κ3) is 30.4. The van der Waals surface area contributed by atoms with Gasteiger partial charge in [0.1, 0.15) is 24.1 Å². The van der Waals surface area contributed by atoms with Crippen LogP contribution in [0.3, 0.4) is 0 Å². The van der Waals surface area contributed by atoms with Crippen molar-refractivity contribution < 1.29 is 109 Å². The number of carboxylic acids is 1. The zero-order valence-corrected chi connectivity index (χ0v) is 62.2. The maximum Gasteiger partial charge on any atom is 0.335 e. The van der Waals surface area contributed by atoms with Crippen LogP contribution in [0.4, 0.5) is 0 Å². The molecule has 25 nitrogen and oxygen atoms in total. The van der Waals surface area contributed by atoms with Crippen LogP contribution in [0.1, 0.15) is 149 Å². The Balaban J connectivity index is 2.45. The number of hydrogen-bond acceptors (Lipinski definition) is 21. The molecule has 1 fully saturated rings. The van der Waals surface area contributed by atoms with Crippen molar-refractivity contribution in [3.05, 3.63) is 108 Å². The number of carbonyl (C=O) groups is 6. The molecule has 15 N–H and O–H groups in total. The van der Waals surface area contributed by atoms with Crippen molar-refractivity contribution in [2.75, 3.05) is 14.2 Å². The van der Waals surface area contributed by atoms with Crippen LogP contribution in [0.25, 0.3) is 0 Å². The predicted octanol–water partition coefficient (Wildman–Crippen LogP) is 4.48. The molecule has 0 spiro atoms. The molecule has 101 heavy (non-hydrogen) atoms. The highest BCUT2D eigenvalue weighted by atomic mass is 16.6. The molecule has 0 aromatic rings. The number of ketones is 1. The number of carboxylic acid groups (broad SMARTS) is 1. The summed E-state index contributed by atoms with van der Waals surface area (Å²) in [6, 6.07) is -5.09. The molecule has 0 aromatic carbocycles. The first-order valence-electron chi connectivity index (χ1n) is 35.3. The van der Waals surface area contributed by atoms with Gasteiger partial charge in [-0.1, -0.05) is 154 Å². The monoisotopic (exact) mass is 1430 g/mol. The van der Waals surface area contributed by atoms with Gasteiger partial charge in [0.2, 0.25) is 17.7 Å². The maximum absolute atomic E-state index is 14.1. The molecular weight excluding hydrogens is 1310 g/mol. The fourth-order valence-electron chi connectivity index (χ4n) is 12.5. The molecule has 25 atom stereocenters. The average Bonchev–Trinajstić information content (AvgIpc) is 0.819. The summed E-state index contributed by atoms with van der Waals surface area (Å²) in [6.07, 6.45) is 5.05. The lowest BCUT2D eigenvalue weighted by Gasteiger charge is -2.43. The highest BCUT2D eigenvalue weighted by molar-refractivity contribution is 5.94. The first-order valence-corrected chi connectivity index (χ1v) is 35.3. The summed E-state index contributed by atoms with van der Waals surface area (Å²) in [6.45, 7) is 25.1. The van der Waals surface area contributed by atoms with Crippen molar-refractivity contribution in [3.8, 4) is 0 Å². The number of fused-ring (bicyclic) bond motifs is 2. The van der Waals surface area contributed by atoms with Gasteiger partial charge >= 0.3 is 11.9 Å². The number of aliphatic hydroxyl groups is 11. The van der Waals surface area contributed by atoms with Crippen molar-refractivity contribution in [1.82, 2.24) is 16.0 Å². The van der Waals surface area contributed by atoms with Crippen LogP contribution in [-0.4, -0.2) is 227 Å². The van der Waals surface area contributed by atoms with Crippen LogP contribution in [0.2, 0.25) is 0 Å². The van der Waals surface area contributed by atoms with E-state index >= 15 is 0 Å². The second-order valence-corrected chi connectivity index (χ2v) is 29.1. The smallest absolute Gasteiger partial charge is 0.335 e. The molecule has 0 aromatic heterocycles. The molecule has 2 aliphatic rings. The van der Waals surface area contributed by atoms with E-state index < -0.39 is 193 Å². The number of methoxy groups -OCH3 is 2. The Kier molecular flexibility index (Phi) is 40.4. The first kappa shape index (κ1) is 91.2. The van der Waals surface area contributed by atoms with Gasteiger partial charge in [0.15, 0.2) is 12.1 Å². The van der Waals surface area contributed by atoms with Gasteiger partial charge in [-0.15, -0.1) is 0 Å². The van der Waals surface area contributed by atoms with Gasteiger partial charge < -0.3 is 96.2 Å². The van der Waals surface area contributed by atoms with Crippen LogP contribution in [0, 0.1) is 52.8 Å². The number of aliphatic carboxylic acids is 1. The van der Waals surface area contributed by atoms with Crippen LogP contribution in [-0.2, 0) is 47.7 Å². The van der Waals surface area contributed by atoms with Gasteiger partial charge in [-0.05, 0) is 108 Å². The minimum Gasteiger partial charge on any atom is -0.479 e. The predicted molar refractivity (Wildman–Crippen MR) is 383 cm³/mol. The summed E-state index contributed by atoms with van der Waals surface area (Å²) in [7, 11) is 3.15.